The summed E-state index contributed by atoms with van der Waals surface area (Å²) >= 11 is 0. The molecule has 8 nitrogen and oxygen atoms in total. The van der Waals surface area contributed by atoms with Gasteiger partial charge in [0.1, 0.15) is 17.4 Å². The number of aromatic amines is 1. The molecular weight excluding hydrogens is 416 g/mol. The molecule has 1 N–H and O–H groups in total. The normalized spacial score (nSPS) is 15.3. The number of hydrogen-bond acceptors (Lipinski definition) is 6. The summed E-state index contributed by atoms with van der Waals surface area (Å²) in [5, 5.41) is 0. The molecule has 0 aliphatic heterocycles. The first-order chi connectivity index (χ1) is 13.8. The highest BCUT2D eigenvalue weighted by Crippen LogP contribution is 2.36. The van der Waals surface area contributed by atoms with Gasteiger partial charge in [0.15, 0.2) is 5.65 Å². The molecule has 0 atom stereocenters. The molecule has 1 fully saturated rings. The van der Waals surface area contributed by atoms with Gasteiger partial charge in [-0.3, -0.25) is 4.98 Å². The Bertz CT molecular complexity index is 1240. The molecule has 2 heterocycles. The van der Waals surface area contributed by atoms with Gasteiger partial charge in [-0.15, -0.1) is 0 Å². The number of aryl methyl sites for hydroxylation is 1. The van der Waals surface area contributed by atoms with Crippen LogP contribution in [0.1, 0.15) is 50.0 Å². The molecule has 2 aromatic heterocycles. The average Bonchev–Trinajstić information content (AvgIpc) is 3.29. The van der Waals surface area contributed by atoms with Crippen LogP contribution in [-0.4, -0.2) is 34.4 Å². The van der Waals surface area contributed by atoms with E-state index in [0.29, 0.717) is 29.4 Å². The first-order valence-corrected chi connectivity index (χ1v) is 11.8. The van der Waals surface area contributed by atoms with E-state index in [1.807, 2.05) is 6.92 Å². The van der Waals surface area contributed by atoms with E-state index in [-0.39, 0.29) is 22.3 Å². The molecule has 0 radical (unpaired) electrons. The molecule has 1 aromatic carbocycles. The first kappa shape index (κ1) is 19.9. The number of rotatable bonds is 5. The standard InChI is InChI=1S/C19H21ClN4O4S/c1-3-28-15-9-8-13(29(20,26)27)10-14(15)17-22-18-16(12-6-4-5-7-12)21-11(2)24(18)19(25)23-17/h8-10,12H,3-7H2,1-2H3,(H,22,23,25). The monoisotopic (exact) mass is 436 g/mol. The minimum atomic E-state index is -3.96. The van der Waals surface area contributed by atoms with Crippen LogP contribution in [-0.2, 0) is 9.05 Å². The summed E-state index contributed by atoms with van der Waals surface area (Å²) in [5.41, 5.74) is 1.27. The van der Waals surface area contributed by atoms with E-state index in [2.05, 4.69) is 15.0 Å². The number of ether oxygens (including phenoxy) is 1. The van der Waals surface area contributed by atoms with Crippen molar-refractivity contribution >= 4 is 25.4 Å². The van der Waals surface area contributed by atoms with Crippen molar-refractivity contribution in [2.75, 3.05) is 6.61 Å². The van der Waals surface area contributed by atoms with Crippen molar-refractivity contribution in [3.05, 3.63) is 40.2 Å². The van der Waals surface area contributed by atoms with Gasteiger partial charge in [-0.2, -0.15) is 0 Å². The Morgan fingerprint density at radius 1 is 1.28 bits per heavy atom. The Labute approximate surface area is 172 Å². The number of hydrogen-bond donors (Lipinski definition) is 1. The van der Waals surface area contributed by atoms with E-state index < -0.39 is 9.05 Å². The molecule has 154 valence electrons. The van der Waals surface area contributed by atoms with E-state index in [0.717, 1.165) is 31.4 Å². The van der Waals surface area contributed by atoms with Gasteiger partial charge in [0.05, 0.1) is 22.8 Å². The third-order valence-electron chi connectivity index (χ3n) is 5.22. The van der Waals surface area contributed by atoms with Crippen LogP contribution in [0.25, 0.3) is 17.0 Å². The second kappa shape index (κ2) is 7.46. The number of benzene rings is 1. The molecule has 0 amide bonds. The fourth-order valence-corrected chi connectivity index (χ4v) is 4.69. The molecule has 3 aromatic rings. The van der Waals surface area contributed by atoms with Crippen LogP contribution >= 0.6 is 10.7 Å². The third-order valence-corrected chi connectivity index (χ3v) is 6.57. The van der Waals surface area contributed by atoms with E-state index in [1.165, 1.54) is 22.6 Å². The van der Waals surface area contributed by atoms with Crippen LogP contribution in [0.4, 0.5) is 0 Å². The van der Waals surface area contributed by atoms with Crippen LogP contribution in [0.15, 0.2) is 27.9 Å². The van der Waals surface area contributed by atoms with E-state index in [9.17, 15) is 13.2 Å². The van der Waals surface area contributed by atoms with Gasteiger partial charge in [-0.25, -0.2) is 27.6 Å². The largest absolute Gasteiger partial charge is 0.493 e. The second-order valence-corrected chi connectivity index (χ2v) is 9.67. The molecule has 0 spiro atoms. The van der Waals surface area contributed by atoms with Crippen LogP contribution in [0, 0.1) is 6.92 Å². The summed E-state index contributed by atoms with van der Waals surface area (Å²) in [7, 11) is 1.56. The number of aromatic nitrogens is 4. The minimum Gasteiger partial charge on any atom is -0.493 e. The zero-order valence-electron chi connectivity index (χ0n) is 16.1. The fraction of sp³-hybridized carbons (Fsp3) is 0.421. The number of halogens is 1. The van der Waals surface area contributed by atoms with Crippen LogP contribution in [0.3, 0.4) is 0 Å². The maximum Gasteiger partial charge on any atom is 0.334 e. The number of nitrogens with one attached hydrogen (secondary N) is 1. The van der Waals surface area contributed by atoms with Crippen molar-refractivity contribution in [3.8, 4) is 17.1 Å². The van der Waals surface area contributed by atoms with Crippen molar-refractivity contribution in [2.24, 2.45) is 0 Å². The lowest BCUT2D eigenvalue weighted by molar-refractivity contribution is 0.341. The SMILES string of the molecule is CCOc1ccc(S(=O)(=O)Cl)cc1-c1nc2c(C3CCCC3)nc(C)n2c(=O)[nH]1. The molecule has 0 bridgehead atoms. The molecule has 10 heteroatoms. The molecule has 0 saturated heterocycles. The smallest absolute Gasteiger partial charge is 0.334 e. The lowest BCUT2D eigenvalue weighted by atomic mass is 10.0. The van der Waals surface area contributed by atoms with Gasteiger partial charge < -0.3 is 4.74 Å². The van der Waals surface area contributed by atoms with E-state index in [1.54, 1.807) is 6.92 Å². The van der Waals surface area contributed by atoms with Gasteiger partial charge >= 0.3 is 5.69 Å². The Balaban J connectivity index is 1.96. The number of nitrogens with zero attached hydrogens (tertiary/aromatic N) is 3. The summed E-state index contributed by atoms with van der Waals surface area (Å²) in [6.07, 6.45) is 4.28. The zero-order valence-corrected chi connectivity index (χ0v) is 17.7. The summed E-state index contributed by atoms with van der Waals surface area (Å²) in [5.74, 6) is 1.46. The van der Waals surface area contributed by atoms with Crippen LogP contribution in [0.2, 0.25) is 0 Å². The molecule has 4 rings (SSSR count). The highest BCUT2D eigenvalue weighted by Gasteiger charge is 2.25. The Kier molecular flexibility index (Phi) is 5.12. The average molecular weight is 437 g/mol. The molecular formula is C19H21ClN4O4S. The van der Waals surface area contributed by atoms with Crippen molar-refractivity contribution in [3.63, 3.8) is 0 Å². The predicted molar refractivity (Wildman–Crippen MR) is 109 cm³/mol. The Hall–Kier alpha value is -2.39. The van der Waals surface area contributed by atoms with Gasteiger partial charge in [0.2, 0.25) is 0 Å². The lowest BCUT2D eigenvalue weighted by Crippen LogP contribution is -2.20. The molecule has 29 heavy (non-hydrogen) atoms. The zero-order chi connectivity index (χ0) is 20.8. The molecule has 1 aliphatic carbocycles. The number of H-pyrrole nitrogens is 1. The summed E-state index contributed by atoms with van der Waals surface area (Å²) in [6.45, 7) is 3.95. The predicted octanol–water partition coefficient (Wildman–Crippen LogP) is 3.38. The highest BCUT2D eigenvalue weighted by molar-refractivity contribution is 8.13. The van der Waals surface area contributed by atoms with Gasteiger partial charge in [0, 0.05) is 16.6 Å². The Morgan fingerprint density at radius 3 is 2.66 bits per heavy atom. The minimum absolute atomic E-state index is 0.0964. The molecule has 0 unspecified atom stereocenters. The summed E-state index contributed by atoms with van der Waals surface area (Å²) in [4.78, 5) is 24.7. The van der Waals surface area contributed by atoms with Crippen LogP contribution in [0.5, 0.6) is 5.75 Å². The van der Waals surface area contributed by atoms with Crippen LogP contribution < -0.4 is 10.4 Å². The maximum atomic E-state index is 12.8. The maximum absolute atomic E-state index is 12.8. The second-order valence-electron chi connectivity index (χ2n) is 7.10. The topological polar surface area (TPSA) is 106 Å². The quantitative estimate of drug-likeness (QED) is 0.614. The van der Waals surface area contributed by atoms with Gasteiger partial charge in [-0.1, -0.05) is 12.8 Å². The number of fused-ring (bicyclic) bond motifs is 1. The molecule has 1 saturated carbocycles. The fourth-order valence-electron chi connectivity index (χ4n) is 3.91. The third kappa shape index (κ3) is 3.64. The van der Waals surface area contributed by atoms with E-state index >= 15 is 0 Å². The first-order valence-electron chi connectivity index (χ1n) is 9.50. The van der Waals surface area contributed by atoms with Crippen molar-refractivity contribution in [2.45, 2.75) is 50.3 Å². The Morgan fingerprint density at radius 2 is 2.00 bits per heavy atom. The van der Waals surface area contributed by atoms with Crippen molar-refractivity contribution in [1.82, 2.24) is 19.4 Å². The highest BCUT2D eigenvalue weighted by atomic mass is 35.7. The van der Waals surface area contributed by atoms with Crippen molar-refractivity contribution in [1.29, 1.82) is 0 Å². The summed E-state index contributed by atoms with van der Waals surface area (Å²) in [6, 6.07) is 4.23. The molecule has 1 aliphatic rings. The van der Waals surface area contributed by atoms with Crippen molar-refractivity contribution < 1.29 is 13.2 Å². The van der Waals surface area contributed by atoms with Gasteiger partial charge in [-0.05, 0) is 44.9 Å². The van der Waals surface area contributed by atoms with E-state index in [4.69, 9.17) is 15.4 Å². The van der Waals surface area contributed by atoms with Gasteiger partial charge in [0.25, 0.3) is 9.05 Å². The lowest BCUT2D eigenvalue weighted by Gasteiger charge is -2.12. The number of imidazole rings is 1. The summed E-state index contributed by atoms with van der Waals surface area (Å²) < 4.78 is 30.7.